The van der Waals surface area contributed by atoms with Gasteiger partial charge in [-0.25, -0.2) is 8.91 Å². The number of halogens is 4. The number of carbonyl (C=O) groups excluding carboxylic acids is 1. The summed E-state index contributed by atoms with van der Waals surface area (Å²) < 4.78 is 56.9. The van der Waals surface area contributed by atoms with Crippen molar-refractivity contribution in [3.8, 4) is 11.3 Å². The van der Waals surface area contributed by atoms with Crippen LogP contribution in [0.4, 0.5) is 17.6 Å². The number of aromatic nitrogens is 3. The summed E-state index contributed by atoms with van der Waals surface area (Å²) >= 11 is 0. The Kier molecular flexibility index (Phi) is 6.69. The standard InChI is InChI=1S/C28H23F4N5O2/c1-36(2)14-21(17-9-11-20(29)12-10-17)33-26(38)24-23(28(30,31)32)25-27(39)34-22(15-37(25)35-24)19-8-7-16-5-3-4-6-18(16)13-19/h3-13,15,21H,14H2,1-2H3,(H,33,38)(H,34,39). The second-order valence-electron chi connectivity index (χ2n) is 9.41. The number of carbonyl (C=O) groups is 1. The van der Waals surface area contributed by atoms with E-state index in [0.717, 1.165) is 15.3 Å². The predicted molar refractivity (Wildman–Crippen MR) is 139 cm³/mol. The van der Waals surface area contributed by atoms with E-state index in [-0.39, 0.29) is 12.2 Å². The zero-order valence-corrected chi connectivity index (χ0v) is 20.9. The predicted octanol–water partition coefficient (Wildman–Crippen LogP) is 5.03. The van der Waals surface area contributed by atoms with Gasteiger partial charge in [-0.05, 0) is 48.6 Å². The van der Waals surface area contributed by atoms with Gasteiger partial charge < -0.3 is 15.2 Å². The van der Waals surface area contributed by atoms with Crippen molar-refractivity contribution in [1.82, 2.24) is 24.8 Å². The number of benzene rings is 3. The summed E-state index contributed by atoms with van der Waals surface area (Å²) in [5, 5.41) is 8.32. The second kappa shape index (κ2) is 9.99. The van der Waals surface area contributed by atoms with Crippen LogP contribution in [0, 0.1) is 5.82 Å². The number of aromatic amines is 1. The summed E-state index contributed by atoms with van der Waals surface area (Å²) in [6.07, 6.45) is -3.79. The largest absolute Gasteiger partial charge is 0.421 e. The molecule has 39 heavy (non-hydrogen) atoms. The number of hydrogen-bond acceptors (Lipinski definition) is 4. The lowest BCUT2D eigenvalue weighted by molar-refractivity contribution is -0.136. The van der Waals surface area contributed by atoms with Gasteiger partial charge in [0.25, 0.3) is 11.5 Å². The number of H-pyrrole nitrogens is 1. The van der Waals surface area contributed by atoms with Gasteiger partial charge >= 0.3 is 6.18 Å². The lowest BCUT2D eigenvalue weighted by atomic mass is 10.1. The molecule has 3 aromatic carbocycles. The van der Waals surface area contributed by atoms with Crippen LogP contribution in [0.1, 0.15) is 27.7 Å². The maximum absolute atomic E-state index is 14.2. The fraction of sp³-hybridized carbons (Fsp3) is 0.179. The molecule has 5 rings (SSSR count). The van der Waals surface area contributed by atoms with Crippen molar-refractivity contribution in [2.75, 3.05) is 20.6 Å². The van der Waals surface area contributed by atoms with E-state index in [0.29, 0.717) is 11.1 Å². The van der Waals surface area contributed by atoms with E-state index in [1.54, 1.807) is 31.1 Å². The molecule has 1 unspecified atom stereocenters. The maximum Gasteiger partial charge on any atom is 0.421 e. The highest BCUT2D eigenvalue weighted by atomic mass is 19.4. The summed E-state index contributed by atoms with van der Waals surface area (Å²) in [4.78, 5) is 30.4. The number of likely N-dealkylation sites (N-methyl/N-ethyl adjacent to an activating group) is 1. The van der Waals surface area contributed by atoms with Crippen LogP contribution in [0.3, 0.4) is 0 Å². The van der Waals surface area contributed by atoms with E-state index < -0.39 is 46.3 Å². The van der Waals surface area contributed by atoms with E-state index in [1.807, 2.05) is 30.3 Å². The van der Waals surface area contributed by atoms with Gasteiger partial charge in [0.2, 0.25) is 0 Å². The number of hydrogen-bond donors (Lipinski definition) is 2. The van der Waals surface area contributed by atoms with Crippen molar-refractivity contribution in [2.24, 2.45) is 0 Å². The third kappa shape index (κ3) is 5.26. The molecular formula is C28H23F4N5O2. The molecule has 2 aromatic heterocycles. The fourth-order valence-electron chi connectivity index (χ4n) is 4.53. The molecule has 0 spiro atoms. The Morgan fingerprint density at radius 2 is 1.74 bits per heavy atom. The first-order chi connectivity index (χ1) is 18.5. The molecule has 2 heterocycles. The molecule has 0 saturated carbocycles. The first kappa shape index (κ1) is 26.1. The molecule has 0 aliphatic heterocycles. The lowest BCUT2D eigenvalue weighted by Crippen LogP contribution is -2.36. The Balaban J connectivity index is 1.59. The summed E-state index contributed by atoms with van der Waals surface area (Å²) in [6, 6.07) is 17.4. The summed E-state index contributed by atoms with van der Waals surface area (Å²) in [7, 11) is 3.45. The quantitative estimate of drug-likeness (QED) is 0.298. The van der Waals surface area contributed by atoms with Gasteiger partial charge in [0.1, 0.15) is 16.9 Å². The molecule has 7 nitrogen and oxygen atoms in total. The molecule has 0 bridgehead atoms. The number of alkyl halides is 3. The maximum atomic E-state index is 14.2. The molecular weight excluding hydrogens is 514 g/mol. The van der Waals surface area contributed by atoms with Gasteiger partial charge in [0.15, 0.2) is 5.69 Å². The normalized spacial score (nSPS) is 12.8. The van der Waals surface area contributed by atoms with Gasteiger partial charge in [-0.2, -0.15) is 18.3 Å². The minimum atomic E-state index is -5.04. The fourth-order valence-corrected chi connectivity index (χ4v) is 4.53. The molecule has 0 aliphatic carbocycles. The Labute approximate surface area is 219 Å². The Hall–Kier alpha value is -4.51. The van der Waals surface area contributed by atoms with Crippen LogP contribution in [0.25, 0.3) is 27.5 Å². The molecule has 11 heteroatoms. The molecule has 1 atom stereocenters. The van der Waals surface area contributed by atoms with E-state index in [4.69, 9.17) is 0 Å². The first-order valence-electron chi connectivity index (χ1n) is 11.9. The van der Waals surface area contributed by atoms with E-state index >= 15 is 0 Å². The molecule has 2 N–H and O–H groups in total. The first-order valence-corrected chi connectivity index (χ1v) is 11.9. The van der Waals surface area contributed by atoms with E-state index in [9.17, 15) is 27.2 Å². The van der Waals surface area contributed by atoms with Crippen molar-refractivity contribution in [3.63, 3.8) is 0 Å². The van der Waals surface area contributed by atoms with Crippen LogP contribution < -0.4 is 10.9 Å². The molecule has 200 valence electrons. The van der Waals surface area contributed by atoms with Crippen LogP contribution in [-0.2, 0) is 6.18 Å². The zero-order chi connectivity index (χ0) is 27.9. The third-order valence-corrected chi connectivity index (χ3v) is 6.31. The molecule has 0 fully saturated rings. The van der Waals surface area contributed by atoms with Crippen LogP contribution in [0.5, 0.6) is 0 Å². The smallest absolute Gasteiger partial charge is 0.343 e. The van der Waals surface area contributed by atoms with Gasteiger partial charge in [0, 0.05) is 12.1 Å². The van der Waals surface area contributed by atoms with Gasteiger partial charge in [-0.15, -0.1) is 0 Å². The zero-order valence-electron chi connectivity index (χ0n) is 20.9. The van der Waals surface area contributed by atoms with Crippen LogP contribution in [0.2, 0.25) is 0 Å². The highest BCUT2D eigenvalue weighted by molar-refractivity contribution is 5.96. The van der Waals surface area contributed by atoms with Crippen molar-refractivity contribution in [2.45, 2.75) is 12.2 Å². The summed E-state index contributed by atoms with van der Waals surface area (Å²) in [5.74, 6) is -1.61. The number of nitrogens with one attached hydrogen (secondary N) is 2. The highest BCUT2D eigenvalue weighted by Gasteiger charge is 2.42. The summed E-state index contributed by atoms with van der Waals surface area (Å²) in [6.45, 7) is 0.221. The second-order valence-corrected chi connectivity index (χ2v) is 9.41. The Bertz CT molecular complexity index is 1740. The number of amides is 1. The highest BCUT2D eigenvalue weighted by Crippen LogP contribution is 2.35. The molecule has 5 aromatic rings. The average Bonchev–Trinajstić information content (AvgIpc) is 3.29. The van der Waals surface area contributed by atoms with Crippen molar-refractivity contribution in [1.29, 1.82) is 0 Å². The van der Waals surface area contributed by atoms with Crippen molar-refractivity contribution < 1.29 is 22.4 Å². The van der Waals surface area contributed by atoms with Crippen LogP contribution in [-0.4, -0.2) is 46.0 Å². The van der Waals surface area contributed by atoms with E-state index in [1.165, 1.54) is 30.5 Å². The number of nitrogens with zero attached hydrogens (tertiary/aromatic N) is 3. The molecule has 1 amide bonds. The summed E-state index contributed by atoms with van der Waals surface area (Å²) in [5.41, 5.74) is -2.91. The van der Waals surface area contributed by atoms with Gasteiger partial charge in [-0.1, -0.05) is 48.5 Å². The van der Waals surface area contributed by atoms with Crippen molar-refractivity contribution >= 4 is 22.2 Å². The van der Waals surface area contributed by atoms with E-state index in [2.05, 4.69) is 15.4 Å². The number of rotatable bonds is 6. The monoisotopic (exact) mass is 537 g/mol. The van der Waals surface area contributed by atoms with Gasteiger partial charge in [-0.3, -0.25) is 9.59 Å². The Morgan fingerprint density at radius 3 is 2.41 bits per heavy atom. The SMILES string of the molecule is CN(C)CC(NC(=O)c1nn2cc(-c3ccc4ccccc4c3)[nH]c(=O)c2c1C(F)(F)F)c1ccc(F)cc1. The van der Waals surface area contributed by atoms with Crippen LogP contribution in [0.15, 0.2) is 77.7 Å². The molecule has 0 aliphatic rings. The molecule has 0 saturated heterocycles. The number of fused-ring (bicyclic) bond motifs is 2. The topological polar surface area (TPSA) is 82.5 Å². The molecule has 0 radical (unpaired) electrons. The average molecular weight is 538 g/mol. The van der Waals surface area contributed by atoms with Gasteiger partial charge in [0.05, 0.1) is 17.9 Å². The third-order valence-electron chi connectivity index (χ3n) is 6.31. The minimum absolute atomic E-state index is 0.221. The van der Waals surface area contributed by atoms with Crippen molar-refractivity contribution in [3.05, 3.63) is 106 Å². The lowest BCUT2D eigenvalue weighted by Gasteiger charge is -2.22. The van der Waals surface area contributed by atoms with Crippen LogP contribution >= 0.6 is 0 Å². The Morgan fingerprint density at radius 1 is 1.05 bits per heavy atom. The minimum Gasteiger partial charge on any atom is -0.343 e.